The Morgan fingerprint density at radius 3 is 2.79 bits per heavy atom. The van der Waals surface area contributed by atoms with Gasteiger partial charge in [0.1, 0.15) is 5.52 Å². The monoisotopic (exact) mass is 279 g/mol. The lowest BCUT2D eigenvalue weighted by atomic mass is 10.2. The molecular formula is C8H4BrF2NOS. The van der Waals surface area contributed by atoms with E-state index in [1.54, 1.807) is 0 Å². The van der Waals surface area contributed by atoms with E-state index in [2.05, 4.69) is 20.9 Å². The summed E-state index contributed by atoms with van der Waals surface area (Å²) >= 11 is 4.28. The molecule has 0 bridgehead atoms. The fourth-order valence-corrected chi connectivity index (χ4v) is 2.59. The van der Waals surface area contributed by atoms with Crippen LogP contribution in [0.5, 0.6) is 0 Å². The van der Waals surface area contributed by atoms with Crippen LogP contribution >= 0.6 is 27.3 Å². The van der Waals surface area contributed by atoms with E-state index in [4.69, 9.17) is 5.11 Å². The molecule has 0 fully saturated rings. The molecule has 2 nitrogen and oxygen atoms in total. The Balaban J connectivity index is 2.84. The number of aliphatic hydroxyl groups is 1. The lowest BCUT2D eigenvalue weighted by molar-refractivity contribution is 0.274. The molecular weight excluding hydrogens is 276 g/mol. The predicted molar refractivity (Wildman–Crippen MR) is 53.2 cm³/mol. The zero-order valence-electron chi connectivity index (χ0n) is 6.72. The molecule has 0 radical (unpaired) electrons. The minimum absolute atomic E-state index is 0.00317. The van der Waals surface area contributed by atoms with Gasteiger partial charge in [-0.1, -0.05) is 0 Å². The summed E-state index contributed by atoms with van der Waals surface area (Å²) in [5.41, 5.74) is -0.0530. The number of nitrogens with zero attached hydrogens (tertiary/aromatic N) is 1. The molecule has 1 aromatic carbocycles. The van der Waals surface area contributed by atoms with E-state index in [1.807, 2.05) is 0 Å². The van der Waals surface area contributed by atoms with Crippen molar-refractivity contribution < 1.29 is 13.9 Å². The summed E-state index contributed by atoms with van der Waals surface area (Å²) in [6.45, 7) is -0.520. The third kappa shape index (κ3) is 1.43. The van der Waals surface area contributed by atoms with E-state index in [0.717, 1.165) is 0 Å². The van der Waals surface area contributed by atoms with Gasteiger partial charge in [-0.3, -0.25) is 0 Å². The topological polar surface area (TPSA) is 33.1 Å². The molecule has 0 spiro atoms. The van der Waals surface area contributed by atoms with Gasteiger partial charge in [0.25, 0.3) is 0 Å². The van der Waals surface area contributed by atoms with Crippen LogP contribution in [0.15, 0.2) is 9.98 Å². The Morgan fingerprint density at radius 1 is 1.43 bits per heavy atom. The Labute approximate surface area is 90.3 Å². The number of thiazole rings is 1. The first-order valence-electron chi connectivity index (χ1n) is 3.67. The fraction of sp³-hybridized carbons (Fsp3) is 0.125. The van der Waals surface area contributed by atoms with Crippen LogP contribution in [-0.4, -0.2) is 10.1 Å². The molecule has 0 saturated heterocycles. The molecule has 0 saturated carbocycles. The van der Waals surface area contributed by atoms with Gasteiger partial charge in [0.2, 0.25) is 0 Å². The largest absolute Gasteiger partial charge is 0.392 e. The first-order chi connectivity index (χ1) is 6.63. The molecule has 6 heteroatoms. The Kier molecular flexibility index (Phi) is 2.50. The molecule has 0 unspecified atom stereocenters. The van der Waals surface area contributed by atoms with Crippen LogP contribution in [0.2, 0.25) is 0 Å². The third-order valence-electron chi connectivity index (χ3n) is 1.79. The Bertz CT molecular complexity index is 500. The molecule has 0 amide bonds. The molecule has 0 atom stereocenters. The number of benzene rings is 1. The van der Waals surface area contributed by atoms with Crippen molar-refractivity contribution in [2.75, 3.05) is 0 Å². The van der Waals surface area contributed by atoms with Crippen LogP contribution in [0.4, 0.5) is 8.78 Å². The van der Waals surface area contributed by atoms with Gasteiger partial charge in [-0.05, 0) is 22.0 Å². The van der Waals surface area contributed by atoms with Crippen LogP contribution in [0, 0.1) is 11.6 Å². The first kappa shape index (κ1) is 9.95. The highest BCUT2D eigenvalue weighted by atomic mass is 79.9. The second kappa shape index (κ2) is 3.52. The molecule has 1 heterocycles. The summed E-state index contributed by atoms with van der Waals surface area (Å²) in [5.74, 6) is -2.04. The predicted octanol–water partition coefficient (Wildman–Crippen LogP) is 2.83. The minimum Gasteiger partial charge on any atom is -0.392 e. The normalized spacial score (nSPS) is 11.1. The maximum Gasteiger partial charge on any atom is 0.186 e. The van der Waals surface area contributed by atoms with Gasteiger partial charge in [0, 0.05) is 5.56 Å². The average molecular weight is 280 g/mol. The Hall–Kier alpha value is -0.590. The molecule has 1 aromatic heterocycles. The first-order valence-corrected chi connectivity index (χ1v) is 5.28. The van der Waals surface area contributed by atoms with Gasteiger partial charge < -0.3 is 5.11 Å². The molecule has 2 aromatic rings. The van der Waals surface area contributed by atoms with Crippen LogP contribution in [-0.2, 0) is 6.61 Å². The van der Waals surface area contributed by atoms with Gasteiger partial charge in [-0.15, -0.1) is 11.3 Å². The number of rotatable bonds is 1. The second-order valence-electron chi connectivity index (χ2n) is 2.64. The van der Waals surface area contributed by atoms with Crippen molar-refractivity contribution in [3.8, 4) is 0 Å². The molecule has 0 aliphatic heterocycles. The zero-order valence-corrected chi connectivity index (χ0v) is 9.12. The number of aliphatic hydroxyl groups excluding tert-OH is 1. The quantitative estimate of drug-likeness (QED) is 0.871. The number of hydrogen-bond acceptors (Lipinski definition) is 3. The lowest BCUT2D eigenvalue weighted by Gasteiger charge is -1.99. The lowest BCUT2D eigenvalue weighted by Crippen LogP contribution is -1.94. The highest BCUT2D eigenvalue weighted by Gasteiger charge is 2.15. The number of aromatic nitrogens is 1. The summed E-state index contributed by atoms with van der Waals surface area (Å²) in [7, 11) is 0. The molecule has 14 heavy (non-hydrogen) atoms. The minimum atomic E-state index is -1.03. The van der Waals surface area contributed by atoms with Crippen molar-refractivity contribution in [2.45, 2.75) is 6.61 Å². The number of fused-ring (bicyclic) bond motifs is 1. The van der Waals surface area contributed by atoms with Crippen LogP contribution in [0.3, 0.4) is 0 Å². The van der Waals surface area contributed by atoms with E-state index >= 15 is 0 Å². The van der Waals surface area contributed by atoms with Gasteiger partial charge >= 0.3 is 0 Å². The maximum absolute atomic E-state index is 13.3. The smallest absolute Gasteiger partial charge is 0.186 e. The molecule has 0 aliphatic rings. The van der Waals surface area contributed by atoms with Crippen molar-refractivity contribution >= 4 is 37.5 Å². The summed E-state index contributed by atoms with van der Waals surface area (Å²) in [4.78, 5) is 3.79. The maximum atomic E-state index is 13.3. The van der Waals surface area contributed by atoms with E-state index in [9.17, 15) is 8.78 Å². The van der Waals surface area contributed by atoms with Crippen LogP contribution in [0.25, 0.3) is 10.2 Å². The molecule has 0 aliphatic carbocycles. The molecule has 2 rings (SSSR count). The van der Waals surface area contributed by atoms with Crippen molar-refractivity contribution in [1.29, 1.82) is 0 Å². The van der Waals surface area contributed by atoms with Crippen molar-refractivity contribution in [3.05, 3.63) is 27.2 Å². The summed E-state index contributed by atoms with van der Waals surface area (Å²) in [6, 6.07) is 1.40. The summed E-state index contributed by atoms with van der Waals surface area (Å²) in [5, 5.41) is 8.77. The standard InChI is InChI=1S/C8H4BrF2NOS/c9-8-12-7-4(14-8)1-3(2-13)5(10)6(7)11/h1,13H,2H2. The molecule has 1 N–H and O–H groups in total. The zero-order chi connectivity index (χ0) is 10.3. The van der Waals surface area contributed by atoms with Crippen LogP contribution in [0.1, 0.15) is 5.56 Å². The van der Waals surface area contributed by atoms with Crippen molar-refractivity contribution in [3.63, 3.8) is 0 Å². The number of hydrogen-bond donors (Lipinski definition) is 1. The Morgan fingerprint density at radius 2 is 2.14 bits per heavy atom. The van der Waals surface area contributed by atoms with Crippen LogP contribution < -0.4 is 0 Å². The summed E-state index contributed by atoms with van der Waals surface area (Å²) < 4.78 is 27.5. The average Bonchev–Trinajstić information content (AvgIpc) is 2.52. The highest BCUT2D eigenvalue weighted by Crippen LogP contribution is 2.30. The highest BCUT2D eigenvalue weighted by molar-refractivity contribution is 9.11. The summed E-state index contributed by atoms with van der Waals surface area (Å²) in [6.07, 6.45) is 0. The van der Waals surface area contributed by atoms with E-state index in [-0.39, 0.29) is 11.1 Å². The van der Waals surface area contributed by atoms with Crippen molar-refractivity contribution in [2.24, 2.45) is 0 Å². The number of halogens is 3. The van der Waals surface area contributed by atoms with E-state index in [1.165, 1.54) is 17.4 Å². The second-order valence-corrected chi connectivity index (χ2v) is 4.94. The van der Waals surface area contributed by atoms with Crippen molar-refractivity contribution in [1.82, 2.24) is 4.98 Å². The SMILES string of the molecule is OCc1cc2sc(Br)nc2c(F)c1F. The van der Waals surface area contributed by atoms with E-state index < -0.39 is 18.2 Å². The van der Waals surface area contributed by atoms with Gasteiger partial charge in [-0.2, -0.15) is 0 Å². The van der Waals surface area contributed by atoms with Gasteiger partial charge in [0.05, 0.1) is 11.3 Å². The fourth-order valence-electron chi connectivity index (χ4n) is 1.14. The molecule has 74 valence electrons. The van der Waals surface area contributed by atoms with Gasteiger partial charge in [-0.25, -0.2) is 13.8 Å². The van der Waals surface area contributed by atoms with Gasteiger partial charge in [0.15, 0.2) is 15.6 Å². The van der Waals surface area contributed by atoms with E-state index in [0.29, 0.717) is 8.62 Å². The third-order valence-corrected chi connectivity index (χ3v) is 3.24.